The minimum atomic E-state index is -0.265. The molecule has 7 nitrogen and oxygen atoms in total. The Morgan fingerprint density at radius 1 is 0.966 bits per heavy atom. The molecule has 0 fully saturated rings. The van der Waals surface area contributed by atoms with Crippen molar-refractivity contribution in [2.24, 2.45) is 0 Å². The highest BCUT2D eigenvalue weighted by atomic mass is 16.5. The third kappa shape index (κ3) is 3.29. The molecule has 1 aromatic heterocycles. The first-order valence-electron chi connectivity index (χ1n) is 9.30. The first-order valence-corrected chi connectivity index (χ1v) is 9.30. The van der Waals surface area contributed by atoms with Gasteiger partial charge in [0.25, 0.3) is 0 Å². The van der Waals surface area contributed by atoms with Crippen LogP contribution in [0.25, 0.3) is 11.3 Å². The summed E-state index contributed by atoms with van der Waals surface area (Å²) in [5, 5.41) is 0. The highest BCUT2D eigenvalue weighted by Gasteiger charge is 2.22. The summed E-state index contributed by atoms with van der Waals surface area (Å²) in [5.74, 6) is 2.67. The van der Waals surface area contributed by atoms with Crippen molar-refractivity contribution >= 4 is 11.5 Å². The number of nitrogens with zero attached hydrogens (tertiary/aromatic N) is 3. The Bertz CT molecular complexity index is 1110. The van der Waals surface area contributed by atoms with Gasteiger partial charge in [-0.2, -0.15) is 4.98 Å². The number of ether oxygens (including phenoxy) is 3. The van der Waals surface area contributed by atoms with Crippen LogP contribution in [0, 0.1) is 0 Å². The monoisotopic (exact) mass is 393 g/mol. The topological polar surface area (TPSA) is 65.8 Å². The number of aromatic nitrogens is 2. The predicted molar refractivity (Wildman–Crippen MR) is 112 cm³/mol. The van der Waals surface area contributed by atoms with Crippen molar-refractivity contribution in [2.75, 3.05) is 33.3 Å². The van der Waals surface area contributed by atoms with E-state index >= 15 is 0 Å². The zero-order valence-corrected chi connectivity index (χ0v) is 16.9. The van der Waals surface area contributed by atoms with Crippen molar-refractivity contribution in [1.29, 1.82) is 0 Å². The molecule has 0 saturated heterocycles. The Hall–Kier alpha value is -3.48. The van der Waals surface area contributed by atoms with E-state index in [1.165, 1.54) is 0 Å². The third-order valence-electron chi connectivity index (χ3n) is 5.29. The highest BCUT2D eigenvalue weighted by molar-refractivity contribution is 5.73. The molecular formula is C22H23N3O4. The molecule has 0 aliphatic carbocycles. The van der Waals surface area contributed by atoms with Crippen LogP contribution in [0.15, 0.2) is 47.3 Å². The van der Waals surface area contributed by atoms with Gasteiger partial charge in [0, 0.05) is 30.9 Å². The van der Waals surface area contributed by atoms with Gasteiger partial charge in [0.05, 0.1) is 27.0 Å². The lowest BCUT2D eigenvalue weighted by Crippen LogP contribution is -2.30. The average molecular weight is 393 g/mol. The summed E-state index contributed by atoms with van der Waals surface area (Å²) in [5.41, 5.74) is 3.54. The van der Waals surface area contributed by atoms with Crippen molar-refractivity contribution in [3.8, 4) is 28.5 Å². The molecule has 7 heteroatoms. The quantitative estimate of drug-likeness (QED) is 0.663. The number of fused-ring (bicyclic) bond motifs is 3. The predicted octanol–water partition coefficient (Wildman–Crippen LogP) is 3.26. The molecule has 1 aliphatic heterocycles. The van der Waals surface area contributed by atoms with E-state index in [1.807, 2.05) is 54.4 Å². The molecular weight excluding hydrogens is 370 g/mol. The van der Waals surface area contributed by atoms with Crippen molar-refractivity contribution in [3.05, 3.63) is 58.5 Å². The van der Waals surface area contributed by atoms with E-state index in [9.17, 15) is 4.79 Å². The standard InChI is InChI=1S/C22H23N3O4/c1-24(15-5-7-16(27-2)8-6-15)21-13-18-17-12-20(29-4)19(28-3)11-14(17)9-10-25(18)22(26)23-21/h5-8,11-13H,9-10H2,1-4H3. The molecule has 0 amide bonds. The highest BCUT2D eigenvalue weighted by Crippen LogP contribution is 2.38. The van der Waals surface area contributed by atoms with Crippen LogP contribution in [0.2, 0.25) is 0 Å². The fourth-order valence-corrected chi connectivity index (χ4v) is 3.64. The van der Waals surface area contributed by atoms with Crippen LogP contribution in [0.3, 0.4) is 0 Å². The molecule has 0 saturated carbocycles. The van der Waals surface area contributed by atoms with Crippen LogP contribution < -0.4 is 24.8 Å². The van der Waals surface area contributed by atoms with E-state index in [0.29, 0.717) is 23.9 Å². The summed E-state index contributed by atoms with van der Waals surface area (Å²) in [6.07, 6.45) is 0.734. The van der Waals surface area contributed by atoms with Crippen LogP contribution in [-0.4, -0.2) is 37.9 Å². The lowest BCUT2D eigenvalue weighted by atomic mass is 9.97. The Labute approximate surface area is 169 Å². The maximum absolute atomic E-state index is 12.8. The SMILES string of the molecule is COc1ccc(N(C)c2cc3n(c(=O)n2)CCc2cc(OC)c(OC)cc2-3)cc1. The minimum Gasteiger partial charge on any atom is -0.497 e. The maximum Gasteiger partial charge on any atom is 0.350 e. The van der Waals surface area contributed by atoms with Gasteiger partial charge in [0.2, 0.25) is 0 Å². The van der Waals surface area contributed by atoms with Crippen molar-refractivity contribution in [1.82, 2.24) is 9.55 Å². The molecule has 0 atom stereocenters. The summed E-state index contributed by atoms with van der Waals surface area (Å²) >= 11 is 0. The molecule has 3 aromatic rings. The molecule has 0 unspecified atom stereocenters. The number of hydrogen-bond donors (Lipinski definition) is 0. The Morgan fingerprint density at radius 2 is 1.66 bits per heavy atom. The van der Waals surface area contributed by atoms with Crippen LogP contribution in [-0.2, 0) is 13.0 Å². The number of methoxy groups -OCH3 is 3. The summed E-state index contributed by atoms with van der Waals surface area (Å²) in [7, 11) is 6.75. The summed E-state index contributed by atoms with van der Waals surface area (Å²) in [4.78, 5) is 18.9. The first-order chi connectivity index (χ1) is 14.0. The Balaban J connectivity index is 1.81. The van der Waals surface area contributed by atoms with Gasteiger partial charge < -0.3 is 19.1 Å². The number of aryl methyl sites for hydroxylation is 1. The van der Waals surface area contributed by atoms with E-state index in [2.05, 4.69) is 4.98 Å². The molecule has 2 heterocycles. The molecule has 2 aromatic carbocycles. The second-order valence-corrected chi connectivity index (χ2v) is 6.81. The van der Waals surface area contributed by atoms with E-state index < -0.39 is 0 Å². The fourth-order valence-electron chi connectivity index (χ4n) is 3.64. The number of hydrogen-bond acceptors (Lipinski definition) is 6. The molecule has 4 rings (SSSR count). The molecule has 0 bridgehead atoms. The molecule has 0 spiro atoms. The second kappa shape index (κ2) is 7.50. The molecule has 150 valence electrons. The van der Waals surface area contributed by atoms with Gasteiger partial charge in [0.15, 0.2) is 11.5 Å². The lowest BCUT2D eigenvalue weighted by molar-refractivity contribution is 0.354. The summed E-state index contributed by atoms with van der Waals surface area (Å²) in [6.45, 7) is 0.580. The molecule has 0 radical (unpaired) electrons. The lowest BCUT2D eigenvalue weighted by Gasteiger charge is -2.25. The Morgan fingerprint density at radius 3 is 2.31 bits per heavy atom. The normalized spacial score (nSPS) is 12.0. The van der Waals surface area contributed by atoms with Crippen molar-refractivity contribution < 1.29 is 14.2 Å². The molecule has 1 aliphatic rings. The number of rotatable bonds is 5. The first kappa shape index (κ1) is 18.9. The van der Waals surface area contributed by atoms with Crippen LogP contribution in [0.1, 0.15) is 5.56 Å². The van der Waals surface area contributed by atoms with Crippen molar-refractivity contribution in [2.45, 2.75) is 13.0 Å². The summed E-state index contributed by atoms with van der Waals surface area (Å²) in [6, 6.07) is 13.5. The van der Waals surface area contributed by atoms with Gasteiger partial charge in [-0.3, -0.25) is 4.57 Å². The van der Waals surface area contributed by atoms with E-state index in [0.717, 1.165) is 34.7 Å². The van der Waals surface area contributed by atoms with Crippen LogP contribution >= 0.6 is 0 Å². The van der Waals surface area contributed by atoms with Gasteiger partial charge in [0.1, 0.15) is 11.6 Å². The van der Waals surface area contributed by atoms with Gasteiger partial charge in [-0.15, -0.1) is 0 Å². The zero-order valence-electron chi connectivity index (χ0n) is 16.9. The smallest absolute Gasteiger partial charge is 0.350 e. The van der Waals surface area contributed by atoms with E-state index in [1.54, 1.807) is 25.9 Å². The second-order valence-electron chi connectivity index (χ2n) is 6.81. The van der Waals surface area contributed by atoms with Crippen LogP contribution in [0.5, 0.6) is 17.2 Å². The number of anilines is 2. The third-order valence-corrected chi connectivity index (χ3v) is 5.29. The molecule has 0 N–H and O–H groups in total. The zero-order chi connectivity index (χ0) is 20.5. The van der Waals surface area contributed by atoms with Gasteiger partial charge in [-0.1, -0.05) is 0 Å². The molecule has 29 heavy (non-hydrogen) atoms. The van der Waals surface area contributed by atoms with Gasteiger partial charge in [-0.05, 0) is 48.4 Å². The Kier molecular flexibility index (Phi) is 4.88. The fraction of sp³-hybridized carbons (Fsp3) is 0.273. The summed E-state index contributed by atoms with van der Waals surface area (Å²) < 4.78 is 17.8. The maximum atomic E-state index is 12.8. The van der Waals surface area contributed by atoms with Gasteiger partial charge >= 0.3 is 5.69 Å². The average Bonchev–Trinajstić information content (AvgIpc) is 2.77. The van der Waals surface area contributed by atoms with Crippen molar-refractivity contribution in [3.63, 3.8) is 0 Å². The van der Waals surface area contributed by atoms with Crippen LogP contribution in [0.4, 0.5) is 11.5 Å². The van der Waals surface area contributed by atoms with E-state index in [4.69, 9.17) is 14.2 Å². The van der Waals surface area contributed by atoms with Gasteiger partial charge in [-0.25, -0.2) is 4.79 Å². The largest absolute Gasteiger partial charge is 0.497 e. The minimum absolute atomic E-state index is 0.265. The van der Waals surface area contributed by atoms with E-state index in [-0.39, 0.29) is 5.69 Å². The number of benzene rings is 2.